The van der Waals surface area contributed by atoms with Crippen molar-refractivity contribution in [2.24, 2.45) is 0 Å². The third kappa shape index (κ3) is 5.79. The van der Waals surface area contributed by atoms with Gasteiger partial charge in [0, 0.05) is 11.3 Å². The van der Waals surface area contributed by atoms with E-state index in [9.17, 15) is 18.4 Å². The Labute approximate surface area is 196 Å². The van der Waals surface area contributed by atoms with Gasteiger partial charge in [-0.3, -0.25) is 4.79 Å². The third-order valence-corrected chi connectivity index (χ3v) is 4.56. The zero-order valence-electron chi connectivity index (χ0n) is 18.1. The molecule has 0 radical (unpaired) electrons. The van der Waals surface area contributed by atoms with E-state index in [1.165, 1.54) is 61.9 Å². The predicted molar refractivity (Wildman–Crippen MR) is 115 cm³/mol. The van der Waals surface area contributed by atoms with Crippen molar-refractivity contribution in [3.63, 3.8) is 0 Å². The molecule has 4 aromatic rings. The summed E-state index contributed by atoms with van der Waals surface area (Å²) in [5.74, 6) is -0.851. The minimum atomic E-state index is -3.00. The molecule has 2 aromatic heterocycles. The molecule has 1 N–H and O–H groups in total. The predicted octanol–water partition coefficient (Wildman–Crippen LogP) is 4.55. The molecule has 1 amide bonds. The van der Waals surface area contributed by atoms with Crippen LogP contribution in [0.2, 0.25) is 0 Å². The number of esters is 1. The van der Waals surface area contributed by atoms with Crippen LogP contribution in [0.3, 0.4) is 0 Å². The largest absolute Gasteiger partial charge is 0.493 e. The van der Waals surface area contributed by atoms with Crippen LogP contribution >= 0.6 is 0 Å². The fourth-order valence-corrected chi connectivity index (χ4v) is 2.93. The van der Waals surface area contributed by atoms with Crippen molar-refractivity contribution in [2.75, 3.05) is 12.4 Å². The molecule has 0 unspecified atom stereocenters. The molecule has 4 rings (SSSR count). The number of amides is 1. The van der Waals surface area contributed by atoms with E-state index in [4.69, 9.17) is 18.4 Å². The van der Waals surface area contributed by atoms with Crippen LogP contribution in [-0.2, 0) is 11.3 Å². The Morgan fingerprint density at radius 3 is 2.57 bits per heavy atom. The monoisotopic (exact) mass is 485 g/mol. The fraction of sp³-hybridized carbons (Fsp3) is 0.130. The third-order valence-electron chi connectivity index (χ3n) is 4.56. The van der Waals surface area contributed by atoms with Crippen molar-refractivity contribution in [2.45, 2.75) is 13.2 Å². The van der Waals surface area contributed by atoms with Crippen LogP contribution in [-0.4, -0.2) is 35.7 Å². The van der Waals surface area contributed by atoms with E-state index in [0.29, 0.717) is 11.3 Å². The highest BCUT2D eigenvalue weighted by Crippen LogP contribution is 2.32. The zero-order valence-corrected chi connectivity index (χ0v) is 18.1. The number of rotatable bonds is 9. The van der Waals surface area contributed by atoms with Gasteiger partial charge in [-0.2, -0.15) is 13.8 Å². The van der Waals surface area contributed by atoms with Gasteiger partial charge in [0.15, 0.2) is 23.9 Å². The number of nitrogens with zero attached hydrogens (tertiary/aromatic N) is 2. The van der Waals surface area contributed by atoms with Crippen molar-refractivity contribution in [3.05, 3.63) is 78.1 Å². The van der Waals surface area contributed by atoms with Crippen LogP contribution in [0, 0.1) is 0 Å². The Balaban J connectivity index is 1.34. The number of alkyl halides is 2. The van der Waals surface area contributed by atoms with E-state index in [-0.39, 0.29) is 41.1 Å². The summed E-state index contributed by atoms with van der Waals surface area (Å²) in [6.45, 7) is -3.30. The molecule has 2 heterocycles. The molecule has 12 heteroatoms. The quantitative estimate of drug-likeness (QED) is 0.340. The van der Waals surface area contributed by atoms with E-state index in [1.54, 1.807) is 6.07 Å². The lowest BCUT2D eigenvalue weighted by atomic mass is 10.2. The lowest BCUT2D eigenvalue weighted by molar-refractivity contribution is -0.0512. The molecule has 2 aromatic carbocycles. The molecule has 0 aliphatic heterocycles. The van der Waals surface area contributed by atoms with Crippen molar-refractivity contribution in [1.82, 2.24) is 10.1 Å². The van der Waals surface area contributed by atoms with Crippen LogP contribution in [0.5, 0.6) is 11.5 Å². The molecular formula is C23H17F2N3O7. The first-order valence-electron chi connectivity index (χ1n) is 10.0. The van der Waals surface area contributed by atoms with Gasteiger partial charge in [-0.05, 0) is 54.6 Å². The summed E-state index contributed by atoms with van der Waals surface area (Å²) in [6, 6.07) is 13.3. The van der Waals surface area contributed by atoms with E-state index in [1.807, 2.05) is 0 Å². The van der Waals surface area contributed by atoms with Gasteiger partial charge in [0.25, 0.3) is 11.8 Å². The number of halogens is 2. The number of aromatic nitrogens is 2. The molecule has 0 spiro atoms. The van der Waals surface area contributed by atoms with Gasteiger partial charge in [0.1, 0.15) is 0 Å². The second-order valence-corrected chi connectivity index (χ2v) is 6.84. The number of ether oxygens (including phenoxy) is 3. The van der Waals surface area contributed by atoms with Crippen LogP contribution in [0.25, 0.3) is 11.4 Å². The minimum absolute atomic E-state index is 0.0163. The maximum Gasteiger partial charge on any atom is 0.387 e. The highest BCUT2D eigenvalue weighted by Gasteiger charge is 2.16. The van der Waals surface area contributed by atoms with Crippen molar-refractivity contribution >= 4 is 17.6 Å². The molecule has 0 saturated carbocycles. The number of benzene rings is 2. The summed E-state index contributed by atoms with van der Waals surface area (Å²) in [6.07, 6.45) is 1.39. The van der Waals surface area contributed by atoms with Gasteiger partial charge in [-0.1, -0.05) is 5.16 Å². The van der Waals surface area contributed by atoms with Crippen molar-refractivity contribution in [3.8, 4) is 22.9 Å². The number of hydrogen-bond donors (Lipinski definition) is 1. The smallest absolute Gasteiger partial charge is 0.387 e. The second-order valence-electron chi connectivity index (χ2n) is 6.84. The number of anilines is 1. The average molecular weight is 485 g/mol. The topological polar surface area (TPSA) is 126 Å². The normalized spacial score (nSPS) is 10.7. The van der Waals surface area contributed by atoms with Gasteiger partial charge in [-0.25, -0.2) is 4.79 Å². The molecule has 10 nitrogen and oxygen atoms in total. The maximum atomic E-state index is 12.5. The molecule has 0 aliphatic carbocycles. The number of nitrogens with one attached hydrogen (secondary N) is 1. The van der Waals surface area contributed by atoms with E-state index in [0.717, 1.165) is 0 Å². The molecule has 0 atom stereocenters. The molecule has 0 fully saturated rings. The average Bonchev–Trinajstić information content (AvgIpc) is 3.56. The number of hydrogen-bond acceptors (Lipinski definition) is 9. The molecule has 0 bridgehead atoms. The van der Waals surface area contributed by atoms with Gasteiger partial charge in [0.05, 0.1) is 18.9 Å². The highest BCUT2D eigenvalue weighted by molar-refractivity contribution is 6.02. The minimum Gasteiger partial charge on any atom is -0.493 e. The Hall–Kier alpha value is -4.74. The number of carbonyl (C=O) groups excluding carboxylic acids is 2. The van der Waals surface area contributed by atoms with Crippen molar-refractivity contribution < 1.29 is 41.5 Å². The Bertz CT molecular complexity index is 1310. The SMILES string of the molecule is COc1cc(-c2noc(COC(=O)c3ccc(NC(=O)c4ccco4)cc3)n2)ccc1OC(F)F. The second kappa shape index (κ2) is 10.5. The van der Waals surface area contributed by atoms with Crippen LogP contribution in [0.15, 0.2) is 69.8 Å². The number of methoxy groups -OCH3 is 1. The van der Waals surface area contributed by atoms with Crippen LogP contribution < -0.4 is 14.8 Å². The molecule has 0 aliphatic rings. The summed E-state index contributed by atoms with van der Waals surface area (Å²) in [7, 11) is 1.30. The molecule has 180 valence electrons. The first-order valence-corrected chi connectivity index (χ1v) is 10.0. The first-order chi connectivity index (χ1) is 16.9. The Kier molecular flexibility index (Phi) is 7.00. The maximum absolute atomic E-state index is 12.5. The highest BCUT2D eigenvalue weighted by atomic mass is 19.3. The number of carbonyl (C=O) groups is 2. The summed E-state index contributed by atoms with van der Waals surface area (Å²) in [5, 5.41) is 6.43. The van der Waals surface area contributed by atoms with Gasteiger partial charge in [0.2, 0.25) is 5.82 Å². The molecule has 35 heavy (non-hydrogen) atoms. The summed E-state index contributed by atoms with van der Waals surface area (Å²) >= 11 is 0. The molecule has 0 saturated heterocycles. The lowest BCUT2D eigenvalue weighted by Crippen LogP contribution is -2.11. The van der Waals surface area contributed by atoms with Gasteiger partial charge >= 0.3 is 12.6 Å². The summed E-state index contributed by atoms with van der Waals surface area (Å²) in [5.41, 5.74) is 1.11. The van der Waals surface area contributed by atoms with Crippen LogP contribution in [0.4, 0.5) is 14.5 Å². The lowest BCUT2D eigenvalue weighted by Gasteiger charge is -2.10. The van der Waals surface area contributed by atoms with E-state index < -0.39 is 18.5 Å². The van der Waals surface area contributed by atoms with Crippen molar-refractivity contribution in [1.29, 1.82) is 0 Å². The summed E-state index contributed by atoms with van der Waals surface area (Å²) < 4.78 is 49.7. The standard InChI is InChI=1S/C23H17F2N3O7/c1-31-18-11-14(6-9-16(18)34-23(24)25)20-27-19(35-28-20)12-33-22(30)13-4-7-15(8-5-13)26-21(29)17-3-2-10-32-17/h2-11,23H,12H2,1H3,(H,26,29). The fourth-order valence-electron chi connectivity index (χ4n) is 2.93. The molecular weight excluding hydrogens is 468 g/mol. The van der Waals surface area contributed by atoms with Gasteiger partial charge < -0.3 is 28.5 Å². The van der Waals surface area contributed by atoms with E-state index >= 15 is 0 Å². The number of furan rings is 1. The summed E-state index contributed by atoms with van der Waals surface area (Å²) in [4.78, 5) is 28.4. The first kappa shape index (κ1) is 23.4. The van der Waals surface area contributed by atoms with Gasteiger partial charge in [-0.15, -0.1) is 0 Å². The Morgan fingerprint density at radius 2 is 1.89 bits per heavy atom. The van der Waals surface area contributed by atoms with Crippen LogP contribution in [0.1, 0.15) is 26.8 Å². The van der Waals surface area contributed by atoms with E-state index in [2.05, 4.69) is 20.2 Å². The zero-order chi connectivity index (χ0) is 24.8. The Morgan fingerprint density at radius 1 is 1.09 bits per heavy atom.